The predicted molar refractivity (Wildman–Crippen MR) is 63.7 cm³/mol. The number of carboxylic acids is 1. The standard InChI is InChI=1S/C13H13NO2/c1-2-3-8-14-9-11(13(15)16)10-6-4-5-7-12(10)14/h2-7,9H,8H2,1H3,(H,15,16)/b3-2+. The van der Waals surface area contributed by atoms with Crippen molar-refractivity contribution in [1.82, 2.24) is 4.57 Å². The molecule has 3 heteroatoms. The smallest absolute Gasteiger partial charge is 0.337 e. The number of carboxylic acid groups (broad SMARTS) is 1. The van der Waals surface area contributed by atoms with E-state index < -0.39 is 5.97 Å². The van der Waals surface area contributed by atoms with Crippen molar-refractivity contribution in [2.24, 2.45) is 0 Å². The van der Waals surface area contributed by atoms with Crippen LogP contribution in [0.1, 0.15) is 17.3 Å². The molecule has 0 unspecified atom stereocenters. The number of hydrogen-bond acceptors (Lipinski definition) is 1. The molecule has 0 radical (unpaired) electrons. The molecule has 0 spiro atoms. The predicted octanol–water partition coefficient (Wildman–Crippen LogP) is 2.92. The van der Waals surface area contributed by atoms with Gasteiger partial charge in [-0.05, 0) is 13.0 Å². The lowest BCUT2D eigenvalue weighted by atomic mass is 10.2. The summed E-state index contributed by atoms with van der Waals surface area (Å²) in [7, 11) is 0. The lowest BCUT2D eigenvalue weighted by Gasteiger charge is -1.99. The van der Waals surface area contributed by atoms with Crippen LogP contribution in [-0.4, -0.2) is 15.6 Å². The molecule has 1 heterocycles. The number of allylic oxidation sites excluding steroid dienone is 2. The first-order valence-electron chi connectivity index (χ1n) is 5.16. The van der Waals surface area contributed by atoms with Crippen LogP contribution in [0.4, 0.5) is 0 Å². The van der Waals surface area contributed by atoms with Gasteiger partial charge in [-0.3, -0.25) is 0 Å². The first-order chi connectivity index (χ1) is 7.74. The van der Waals surface area contributed by atoms with Crippen molar-refractivity contribution in [3.05, 3.63) is 48.2 Å². The Morgan fingerprint density at radius 2 is 2.19 bits per heavy atom. The second-order valence-electron chi connectivity index (χ2n) is 3.59. The quantitative estimate of drug-likeness (QED) is 0.800. The van der Waals surface area contributed by atoms with Gasteiger partial charge in [0.2, 0.25) is 0 Å². The lowest BCUT2D eigenvalue weighted by molar-refractivity contribution is 0.0699. The summed E-state index contributed by atoms with van der Waals surface area (Å²) in [6, 6.07) is 7.55. The fourth-order valence-electron chi connectivity index (χ4n) is 1.79. The van der Waals surface area contributed by atoms with Crippen molar-refractivity contribution in [3.63, 3.8) is 0 Å². The second-order valence-corrected chi connectivity index (χ2v) is 3.59. The van der Waals surface area contributed by atoms with E-state index in [2.05, 4.69) is 0 Å². The molecule has 0 saturated heterocycles. The third-order valence-electron chi connectivity index (χ3n) is 2.56. The fraction of sp³-hybridized carbons (Fsp3) is 0.154. The van der Waals surface area contributed by atoms with E-state index in [1.807, 2.05) is 47.9 Å². The number of para-hydroxylation sites is 1. The number of fused-ring (bicyclic) bond motifs is 1. The maximum Gasteiger partial charge on any atom is 0.337 e. The van der Waals surface area contributed by atoms with Crippen molar-refractivity contribution >= 4 is 16.9 Å². The maximum absolute atomic E-state index is 11.1. The topological polar surface area (TPSA) is 42.2 Å². The molecule has 0 saturated carbocycles. The molecule has 0 amide bonds. The Balaban J connectivity index is 2.61. The van der Waals surface area contributed by atoms with Crippen LogP contribution in [0.25, 0.3) is 10.9 Å². The highest BCUT2D eigenvalue weighted by atomic mass is 16.4. The van der Waals surface area contributed by atoms with Crippen LogP contribution in [0.3, 0.4) is 0 Å². The number of nitrogens with zero attached hydrogens (tertiary/aromatic N) is 1. The summed E-state index contributed by atoms with van der Waals surface area (Å²) in [6.45, 7) is 2.65. The van der Waals surface area contributed by atoms with E-state index >= 15 is 0 Å². The number of benzene rings is 1. The van der Waals surface area contributed by atoms with Crippen LogP contribution in [-0.2, 0) is 6.54 Å². The van der Waals surface area contributed by atoms with Gasteiger partial charge in [-0.25, -0.2) is 4.79 Å². The lowest BCUT2D eigenvalue weighted by Crippen LogP contribution is -1.95. The number of rotatable bonds is 3. The van der Waals surface area contributed by atoms with Gasteiger partial charge in [-0.15, -0.1) is 0 Å². The van der Waals surface area contributed by atoms with Gasteiger partial charge >= 0.3 is 5.97 Å². The van der Waals surface area contributed by atoms with Gasteiger partial charge in [0, 0.05) is 23.6 Å². The monoisotopic (exact) mass is 215 g/mol. The number of hydrogen-bond donors (Lipinski definition) is 1. The first-order valence-corrected chi connectivity index (χ1v) is 5.16. The molecule has 1 aromatic carbocycles. The summed E-state index contributed by atoms with van der Waals surface area (Å²) in [4.78, 5) is 11.1. The van der Waals surface area contributed by atoms with Gasteiger partial charge in [0.05, 0.1) is 5.56 Å². The molecule has 0 fully saturated rings. The average Bonchev–Trinajstić information content (AvgIpc) is 2.65. The molecule has 0 aliphatic rings. The van der Waals surface area contributed by atoms with Crippen LogP contribution in [0.5, 0.6) is 0 Å². The van der Waals surface area contributed by atoms with Crippen molar-refractivity contribution in [1.29, 1.82) is 0 Å². The fourth-order valence-corrected chi connectivity index (χ4v) is 1.79. The Kier molecular flexibility index (Phi) is 2.77. The molecular formula is C13H13NO2. The molecule has 2 aromatic rings. The molecule has 16 heavy (non-hydrogen) atoms. The molecule has 82 valence electrons. The third kappa shape index (κ3) is 1.72. The molecule has 1 aromatic heterocycles. The average molecular weight is 215 g/mol. The molecule has 0 bridgehead atoms. The SMILES string of the molecule is C/C=C/Cn1cc(C(=O)O)c2ccccc21. The minimum absolute atomic E-state index is 0.361. The van der Waals surface area contributed by atoms with E-state index in [1.54, 1.807) is 6.20 Å². The van der Waals surface area contributed by atoms with Crippen LogP contribution in [0.15, 0.2) is 42.6 Å². The first kappa shape index (κ1) is 10.5. The van der Waals surface area contributed by atoms with E-state index in [1.165, 1.54) is 0 Å². The van der Waals surface area contributed by atoms with Crippen LogP contribution < -0.4 is 0 Å². The van der Waals surface area contributed by atoms with Gasteiger partial charge in [0.15, 0.2) is 0 Å². The van der Waals surface area contributed by atoms with E-state index in [9.17, 15) is 4.79 Å². The molecule has 3 nitrogen and oxygen atoms in total. The van der Waals surface area contributed by atoms with Crippen LogP contribution in [0, 0.1) is 0 Å². The largest absolute Gasteiger partial charge is 0.478 e. The zero-order chi connectivity index (χ0) is 11.5. The second kappa shape index (κ2) is 4.23. The van der Waals surface area contributed by atoms with E-state index in [0.717, 1.165) is 10.9 Å². The summed E-state index contributed by atoms with van der Waals surface area (Å²) in [5, 5.41) is 9.88. The highest BCUT2D eigenvalue weighted by Crippen LogP contribution is 2.21. The Labute approximate surface area is 93.6 Å². The minimum atomic E-state index is -0.879. The highest BCUT2D eigenvalue weighted by molar-refractivity contribution is 6.03. The van der Waals surface area contributed by atoms with Gasteiger partial charge in [-0.2, -0.15) is 0 Å². The summed E-state index contributed by atoms with van der Waals surface area (Å²) < 4.78 is 1.94. The van der Waals surface area contributed by atoms with Gasteiger partial charge in [0.1, 0.15) is 0 Å². The van der Waals surface area contributed by atoms with Crippen LogP contribution in [0.2, 0.25) is 0 Å². The zero-order valence-corrected chi connectivity index (χ0v) is 9.05. The van der Waals surface area contributed by atoms with E-state index in [-0.39, 0.29) is 0 Å². The number of aromatic carboxylic acids is 1. The Morgan fingerprint density at radius 1 is 1.44 bits per heavy atom. The van der Waals surface area contributed by atoms with Crippen molar-refractivity contribution in [2.75, 3.05) is 0 Å². The van der Waals surface area contributed by atoms with Crippen LogP contribution >= 0.6 is 0 Å². The van der Waals surface area contributed by atoms with Crippen molar-refractivity contribution < 1.29 is 9.90 Å². The van der Waals surface area contributed by atoms with Gasteiger partial charge in [-0.1, -0.05) is 30.4 Å². The Morgan fingerprint density at radius 3 is 2.88 bits per heavy atom. The summed E-state index contributed by atoms with van der Waals surface area (Å²) in [5.74, 6) is -0.879. The highest BCUT2D eigenvalue weighted by Gasteiger charge is 2.12. The van der Waals surface area contributed by atoms with E-state index in [0.29, 0.717) is 12.1 Å². The molecule has 0 aliphatic carbocycles. The van der Waals surface area contributed by atoms with Gasteiger partial charge < -0.3 is 9.67 Å². The van der Waals surface area contributed by atoms with E-state index in [4.69, 9.17) is 5.11 Å². The number of aromatic nitrogens is 1. The summed E-state index contributed by atoms with van der Waals surface area (Å²) >= 11 is 0. The molecule has 1 N–H and O–H groups in total. The molecular weight excluding hydrogens is 202 g/mol. The van der Waals surface area contributed by atoms with Crippen molar-refractivity contribution in [2.45, 2.75) is 13.5 Å². The normalized spacial score (nSPS) is 11.3. The summed E-state index contributed by atoms with van der Waals surface area (Å²) in [6.07, 6.45) is 5.64. The molecule has 2 rings (SSSR count). The van der Waals surface area contributed by atoms with Gasteiger partial charge in [0.25, 0.3) is 0 Å². The molecule has 0 atom stereocenters. The maximum atomic E-state index is 11.1. The third-order valence-corrected chi connectivity index (χ3v) is 2.56. The summed E-state index contributed by atoms with van der Waals surface area (Å²) in [5.41, 5.74) is 1.32. The Hall–Kier alpha value is -2.03. The number of carbonyl (C=O) groups is 1. The van der Waals surface area contributed by atoms with Crippen molar-refractivity contribution in [3.8, 4) is 0 Å². The Bertz CT molecular complexity index is 552. The zero-order valence-electron chi connectivity index (χ0n) is 9.05. The molecule has 0 aliphatic heterocycles. The minimum Gasteiger partial charge on any atom is -0.478 e.